The predicted octanol–water partition coefficient (Wildman–Crippen LogP) is 2.73. The summed E-state index contributed by atoms with van der Waals surface area (Å²) in [5, 5.41) is 4.49. The van der Waals surface area contributed by atoms with E-state index in [-0.39, 0.29) is 23.0 Å². The van der Waals surface area contributed by atoms with Crippen molar-refractivity contribution in [3.63, 3.8) is 0 Å². The summed E-state index contributed by atoms with van der Waals surface area (Å²) in [6, 6.07) is 2.14. The van der Waals surface area contributed by atoms with E-state index in [1.54, 1.807) is 13.1 Å². The molecule has 0 N–H and O–H groups in total. The summed E-state index contributed by atoms with van der Waals surface area (Å²) in [7, 11) is 0. The van der Waals surface area contributed by atoms with E-state index < -0.39 is 0 Å². The van der Waals surface area contributed by atoms with E-state index >= 15 is 0 Å². The lowest BCUT2D eigenvalue weighted by Gasteiger charge is -2.23. The Morgan fingerprint density at radius 1 is 1.48 bits per heavy atom. The maximum atomic E-state index is 12.3. The molecular formula is C15H23N3O2S. The molecule has 21 heavy (non-hydrogen) atoms. The fourth-order valence-electron chi connectivity index (χ4n) is 2.47. The Morgan fingerprint density at radius 2 is 2.19 bits per heavy atom. The monoisotopic (exact) mass is 309 g/mol. The van der Waals surface area contributed by atoms with Gasteiger partial charge in [-0.1, -0.05) is 25.6 Å². The summed E-state index contributed by atoms with van der Waals surface area (Å²) >= 11 is 1.31. The Kier molecular flexibility index (Phi) is 5.08. The van der Waals surface area contributed by atoms with Crippen molar-refractivity contribution in [2.75, 3.05) is 17.2 Å². The predicted molar refractivity (Wildman–Crippen MR) is 85.4 cm³/mol. The number of carbonyl (C=O) groups excluding carboxylic acids is 2. The smallest absolute Gasteiger partial charge is 0.228 e. The molecule has 1 saturated heterocycles. The Balaban J connectivity index is 2.11. The van der Waals surface area contributed by atoms with Gasteiger partial charge < -0.3 is 0 Å². The average Bonchev–Trinajstić information content (AvgIpc) is 3.01. The minimum atomic E-state index is 0.111. The summed E-state index contributed by atoms with van der Waals surface area (Å²) in [6.45, 7) is 8.65. The maximum absolute atomic E-state index is 12.3. The molecule has 1 fully saturated rings. The molecule has 0 spiro atoms. The highest BCUT2D eigenvalue weighted by Gasteiger charge is 2.33. The molecule has 2 rings (SSSR count). The van der Waals surface area contributed by atoms with Crippen molar-refractivity contribution in [1.82, 2.24) is 9.78 Å². The third-order valence-corrected chi connectivity index (χ3v) is 5.05. The Bertz CT molecular complexity index is 527. The minimum absolute atomic E-state index is 0.111. The molecule has 116 valence electrons. The molecule has 6 heteroatoms. The van der Waals surface area contributed by atoms with E-state index in [0.717, 1.165) is 5.82 Å². The van der Waals surface area contributed by atoms with Crippen LogP contribution >= 0.6 is 11.8 Å². The number of hydrogen-bond acceptors (Lipinski definition) is 4. The van der Waals surface area contributed by atoms with Gasteiger partial charge in [0.05, 0.1) is 12.2 Å². The van der Waals surface area contributed by atoms with Gasteiger partial charge in [0.2, 0.25) is 5.91 Å². The third kappa shape index (κ3) is 3.67. The average molecular weight is 309 g/mol. The van der Waals surface area contributed by atoms with Gasteiger partial charge in [-0.05, 0) is 18.8 Å². The molecule has 2 unspecified atom stereocenters. The lowest BCUT2D eigenvalue weighted by atomic mass is 10.1. The van der Waals surface area contributed by atoms with Crippen LogP contribution in [0.3, 0.4) is 0 Å². The van der Waals surface area contributed by atoms with E-state index in [1.165, 1.54) is 11.8 Å². The molecule has 1 aliphatic heterocycles. The standard InChI is InChI=1S/C15H23N3O2S/c1-10(2)11(3)18-14(5-6-16-18)17-8-13(7-15(17)20)9-21-12(4)19/h5-6,10-11,13H,7-9H2,1-4H3. The lowest BCUT2D eigenvalue weighted by Crippen LogP contribution is -2.29. The van der Waals surface area contributed by atoms with Crippen LogP contribution in [0.1, 0.15) is 40.2 Å². The Labute approximate surface area is 130 Å². The van der Waals surface area contributed by atoms with Crippen molar-refractivity contribution in [2.24, 2.45) is 11.8 Å². The van der Waals surface area contributed by atoms with Gasteiger partial charge in [0.25, 0.3) is 0 Å². The summed E-state index contributed by atoms with van der Waals surface area (Å²) in [5.74, 6) is 2.40. The van der Waals surface area contributed by atoms with Crippen molar-refractivity contribution in [2.45, 2.75) is 40.2 Å². The van der Waals surface area contributed by atoms with Crippen LogP contribution in [0.4, 0.5) is 5.82 Å². The summed E-state index contributed by atoms with van der Waals surface area (Å²) in [5.41, 5.74) is 0. The first kappa shape index (κ1) is 16.1. The first-order valence-corrected chi connectivity index (χ1v) is 8.36. The van der Waals surface area contributed by atoms with Gasteiger partial charge in [0.1, 0.15) is 5.82 Å². The number of aromatic nitrogens is 2. The highest BCUT2D eigenvalue weighted by molar-refractivity contribution is 8.13. The van der Waals surface area contributed by atoms with E-state index in [0.29, 0.717) is 24.6 Å². The van der Waals surface area contributed by atoms with Crippen LogP contribution in [0.25, 0.3) is 0 Å². The number of rotatable bonds is 5. The van der Waals surface area contributed by atoms with E-state index in [9.17, 15) is 9.59 Å². The normalized spacial score (nSPS) is 20.3. The summed E-state index contributed by atoms with van der Waals surface area (Å²) < 4.78 is 1.93. The number of anilines is 1. The van der Waals surface area contributed by atoms with Gasteiger partial charge in [-0.3, -0.25) is 14.5 Å². The van der Waals surface area contributed by atoms with Crippen molar-refractivity contribution >= 4 is 28.6 Å². The first-order valence-electron chi connectivity index (χ1n) is 7.37. The van der Waals surface area contributed by atoms with Gasteiger partial charge in [0, 0.05) is 31.7 Å². The SMILES string of the molecule is CC(=O)SCC1CC(=O)N(c2ccnn2C(C)C(C)C)C1. The van der Waals surface area contributed by atoms with Crippen molar-refractivity contribution in [3.05, 3.63) is 12.3 Å². The van der Waals surface area contributed by atoms with Crippen molar-refractivity contribution < 1.29 is 9.59 Å². The summed E-state index contributed by atoms with van der Waals surface area (Å²) in [4.78, 5) is 25.1. The molecule has 2 heterocycles. The van der Waals surface area contributed by atoms with Crippen LogP contribution in [0.5, 0.6) is 0 Å². The minimum Gasteiger partial charge on any atom is -0.297 e. The molecule has 1 aromatic heterocycles. The highest BCUT2D eigenvalue weighted by atomic mass is 32.2. The second-order valence-corrected chi connectivity index (χ2v) is 7.19. The number of amides is 1. The zero-order chi connectivity index (χ0) is 15.6. The molecule has 5 nitrogen and oxygen atoms in total. The molecule has 0 aliphatic carbocycles. The van der Waals surface area contributed by atoms with Gasteiger partial charge in [-0.25, -0.2) is 4.68 Å². The number of hydrogen-bond donors (Lipinski definition) is 0. The molecule has 0 saturated carbocycles. The molecule has 0 radical (unpaired) electrons. The van der Waals surface area contributed by atoms with Crippen LogP contribution in [0, 0.1) is 11.8 Å². The number of carbonyl (C=O) groups is 2. The zero-order valence-corrected chi connectivity index (χ0v) is 13.9. The topological polar surface area (TPSA) is 55.2 Å². The fourth-order valence-corrected chi connectivity index (χ4v) is 3.16. The summed E-state index contributed by atoms with van der Waals surface area (Å²) in [6.07, 6.45) is 2.26. The lowest BCUT2D eigenvalue weighted by molar-refractivity contribution is -0.117. The number of thioether (sulfide) groups is 1. The van der Waals surface area contributed by atoms with Crippen LogP contribution in [-0.2, 0) is 9.59 Å². The Morgan fingerprint density at radius 3 is 2.81 bits per heavy atom. The quantitative estimate of drug-likeness (QED) is 0.839. The van der Waals surface area contributed by atoms with Gasteiger partial charge >= 0.3 is 0 Å². The highest BCUT2D eigenvalue weighted by Crippen LogP contribution is 2.30. The molecule has 1 aliphatic rings. The largest absolute Gasteiger partial charge is 0.297 e. The van der Waals surface area contributed by atoms with Crippen LogP contribution in [0.2, 0.25) is 0 Å². The Hall–Kier alpha value is -1.30. The van der Waals surface area contributed by atoms with E-state index in [2.05, 4.69) is 25.9 Å². The van der Waals surface area contributed by atoms with E-state index in [4.69, 9.17) is 0 Å². The van der Waals surface area contributed by atoms with Crippen LogP contribution < -0.4 is 4.90 Å². The van der Waals surface area contributed by atoms with Gasteiger partial charge in [-0.2, -0.15) is 5.10 Å². The van der Waals surface area contributed by atoms with Gasteiger partial charge in [-0.15, -0.1) is 0 Å². The number of nitrogens with zero attached hydrogens (tertiary/aromatic N) is 3. The molecule has 1 amide bonds. The zero-order valence-electron chi connectivity index (χ0n) is 13.1. The third-order valence-electron chi connectivity index (χ3n) is 4.00. The first-order chi connectivity index (χ1) is 9.90. The second-order valence-electron chi connectivity index (χ2n) is 6.00. The van der Waals surface area contributed by atoms with Crippen molar-refractivity contribution in [1.29, 1.82) is 0 Å². The molecule has 0 aromatic carbocycles. The van der Waals surface area contributed by atoms with Crippen molar-refractivity contribution in [3.8, 4) is 0 Å². The molecule has 2 atom stereocenters. The maximum Gasteiger partial charge on any atom is 0.228 e. The van der Waals surface area contributed by atoms with Gasteiger partial charge in [0.15, 0.2) is 5.12 Å². The molecular weight excluding hydrogens is 286 g/mol. The molecule has 0 bridgehead atoms. The fraction of sp³-hybridized carbons (Fsp3) is 0.667. The van der Waals surface area contributed by atoms with Crippen LogP contribution in [0.15, 0.2) is 12.3 Å². The second kappa shape index (κ2) is 6.64. The molecule has 1 aromatic rings. The van der Waals surface area contributed by atoms with E-state index in [1.807, 2.05) is 15.6 Å². The van der Waals surface area contributed by atoms with Crippen LogP contribution in [-0.4, -0.2) is 33.1 Å².